The molecule has 1 aliphatic rings. The molecule has 1 N–H and O–H groups in total. The SMILES string of the molecule is COC(=O)c1c(CNS(=O)(=O)Cc2cc(Br)no2)nn2c1CCCC2. The first-order valence-corrected chi connectivity index (χ1v) is 10.1. The number of hydrogen-bond donors (Lipinski definition) is 1. The first-order valence-electron chi connectivity index (χ1n) is 7.65. The standard InChI is InChI=1S/C14H17BrN4O5S/c1-23-14(20)13-10(17-19-5-3-2-4-11(13)19)7-16-25(21,22)8-9-6-12(15)18-24-9/h6,16H,2-5,7-8H2,1H3. The fourth-order valence-corrected chi connectivity index (χ4v) is 4.08. The number of nitrogens with one attached hydrogen (secondary N) is 1. The largest absolute Gasteiger partial charge is 0.465 e. The Kier molecular flexibility index (Phi) is 5.25. The van der Waals surface area contributed by atoms with E-state index in [0.717, 1.165) is 25.0 Å². The monoisotopic (exact) mass is 432 g/mol. The molecule has 1 aliphatic heterocycles. The van der Waals surface area contributed by atoms with E-state index in [-0.39, 0.29) is 18.1 Å². The minimum absolute atomic E-state index is 0.0952. The maximum Gasteiger partial charge on any atom is 0.341 e. The summed E-state index contributed by atoms with van der Waals surface area (Å²) in [6.45, 7) is 0.611. The van der Waals surface area contributed by atoms with E-state index < -0.39 is 16.0 Å². The molecule has 0 saturated heterocycles. The normalized spacial score (nSPS) is 14.3. The fourth-order valence-electron chi connectivity index (χ4n) is 2.78. The molecule has 2 aromatic heterocycles. The number of carbonyl (C=O) groups is 1. The van der Waals surface area contributed by atoms with Crippen LogP contribution in [0.25, 0.3) is 0 Å². The highest BCUT2D eigenvalue weighted by Gasteiger charge is 2.27. The summed E-state index contributed by atoms with van der Waals surface area (Å²) in [4.78, 5) is 12.1. The quantitative estimate of drug-likeness (QED) is 0.684. The maximum atomic E-state index is 12.2. The highest BCUT2D eigenvalue weighted by atomic mass is 79.9. The van der Waals surface area contributed by atoms with E-state index in [1.165, 1.54) is 13.2 Å². The van der Waals surface area contributed by atoms with Crippen LogP contribution in [0.1, 0.15) is 40.3 Å². The zero-order valence-electron chi connectivity index (χ0n) is 13.5. The molecule has 0 fully saturated rings. The summed E-state index contributed by atoms with van der Waals surface area (Å²) < 4.78 is 38.8. The average molecular weight is 433 g/mol. The van der Waals surface area contributed by atoms with Crippen molar-refractivity contribution in [1.29, 1.82) is 0 Å². The summed E-state index contributed by atoms with van der Waals surface area (Å²) in [6, 6.07) is 1.48. The number of halogens is 1. The summed E-state index contributed by atoms with van der Waals surface area (Å²) in [5.41, 5.74) is 1.52. The second-order valence-corrected chi connectivity index (χ2v) is 8.26. The van der Waals surface area contributed by atoms with Crippen LogP contribution in [0.15, 0.2) is 15.2 Å². The van der Waals surface area contributed by atoms with Crippen LogP contribution in [0.2, 0.25) is 0 Å². The van der Waals surface area contributed by atoms with E-state index in [1.807, 2.05) is 0 Å². The van der Waals surface area contributed by atoms with Crippen LogP contribution in [-0.2, 0) is 40.0 Å². The molecule has 136 valence electrons. The smallest absolute Gasteiger partial charge is 0.341 e. The molecule has 0 aliphatic carbocycles. The van der Waals surface area contributed by atoms with E-state index >= 15 is 0 Å². The number of carbonyl (C=O) groups excluding carboxylic acids is 1. The molecular formula is C14H17BrN4O5S. The molecular weight excluding hydrogens is 416 g/mol. The lowest BCUT2D eigenvalue weighted by Gasteiger charge is -2.13. The van der Waals surface area contributed by atoms with Crippen LogP contribution in [0.3, 0.4) is 0 Å². The van der Waals surface area contributed by atoms with Gasteiger partial charge in [0.25, 0.3) is 0 Å². The van der Waals surface area contributed by atoms with Crippen molar-refractivity contribution in [3.8, 4) is 0 Å². The van der Waals surface area contributed by atoms with Crippen LogP contribution in [0.5, 0.6) is 0 Å². The second-order valence-electron chi connectivity index (χ2n) is 5.64. The van der Waals surface area contributed by atoms with Crippen LogP contribution in [-0.4, -0.2) is 36.4 Å². The van der Waals surface area contributed by atoms with Gasteiger partial charge < -0.3 is 9.26 Å². The van der Waals surface area contributed by atoms with Crippen LogP contribution >= 0.6 is 15.9 Å². The van der Waals surface area contributed by atoms with Gasteiger partial charge in [-0.15, -0.1) is 0 Å². The van der Waals surface area contributed by atoms with E-state index in [4.69, 9.17) is 9.26 Å². The Labute approximate surface area is 152 Å². The van der Waals surface area contributed by atoms with Gasteiger partial charge >= 0.3 is 5.97 Å². The van der Waals surface area contributed by atoms with Crippen molar-refractivity contribution in [2.75, 3.05) is 7.11 Å². The van der Waals surface area contributed by atoms with E-state index in [2.05, 4.69) is 30.9 Å². The molecule has 0 bridgehead atoms. The number of fused-ring (bicyclic) bond motifs is 1. The number of rotatable bonds is 6. The van der Waals surface area contributed by atoms with Crippen molar-refractivity contribution < 1.29 is 22.5 Å². The molecule has 3 heterocycles. The molecule has 0 atom stereocenters. The highest BCUT2D eigenvalue weighted by molar-refractivity contribution is 9.10. The van der Waals surface area contributed by atoms with E-state index in [1.54, 1.807) is 4.68 Å². The number of nitrogens with zero attached hydrogens (tertiary/aromatic N) is 3. The fraction of sp³-hybridized carbons (Fsp3) is 0.500. The Morgan fingerprint density at radius 3 is 2.96 bits per heavy atom. The molecule has 0 unspecified atom stereocenters. The Morgan fingerprint density at radius 1 is 1.48 bits per heavy atom. The number of esters is 1. The van der Waals surface area contributed by atoms with Crippen molar-refractivity contribution in [3.05, 3.63) is 33.4 Å². The summed E-state index contributed by atoms with van der Waals surface area (Å²) in [6.07, 6.45) is 2.65. The van der Waals surface area contributed by atoms with Gasteiger partial charge in [0, 0.05) is 12.6 Å². The number of sulfonamides is 1. The van der Waals surface area contributed by atoms with Gasteiger partial charge in [-0.1, -0.05) is 5.16 Å². The topological polar surface area (TPSA) is 116 Å². The minimum Gasteiger partial charge on any atom is -0.465 e. The Balaban J connectivity index is 1.78. The lowest BCUT2D eigenvalue weighted by Crippen LogP contribution is -2.25. The number of ether oxygens (including phenoxy) is 1. The van der Waals surface area contributed by atoms with Gasteiger partial charge in [0.15, 0.2) is 5.76 Å². The van der Waals surface area contributed by atoms with E-state index in [9.17, 15) is 13.2 Å². The van der Waals surface area contributed by atoms with Gasteiger partial charge in [0.05, 0.1) is 25.0 Å². The maximum absolute atomic E-state index is 12.2. The van der Waals surface area contributed by atoms with Crippen molar-refractivity contribution in [2.24, 2.45) is 0 Å². The number of aryl methyl sites for hydroxylation is 1. The van der Waals surface area contributed by atoms with Gasteiger partial charge in [-0.2, -0.15) is 5.10 Å². The van der Waals surface area contributed by atoms with Gasteiger partial charge in [0.2, 0.25) is 10.0 Å². The van der Waals surface area contributed by atoms with Crippen molar-refractivity contribution in [2.45, 2.75) is 38.1 Å². The van der Waals surface area contributed by atoms with Crippen LogP contribution in [0, 0.1) is 0 Å². The minimum atomic E-state index is -3.68. The van der Waals surface area contributed by atoms with Gasteiger partial charge in [-0.25, -0.2) is 17.9 Å². The molecule has 0 saturated carbocycles. The lowest BCUT2D eigenvalue weighted by atomic mass is 10.0. The first kappa shape index (κ1) is 18.1. The number of hydrogen-bond acceptors (Lipinski definition) is 7. The van der Waals surface area contributed by atoms with Crippen molar-refractivity contribution in [1.82, 2.24) is 19.7 Å². The zero-order chi connectivity index (χ0) is 18.0. The highest BCUT2D eigenvalue weighted by Crippen LogP contribution is 2.23. The molecule has 2 aromatic rings. The van der Waals surface area contributed by atoms with Gasteiger partial charge in [-0.05, 0) is 35.2 Å². The molecule has 11 heteroatoms. The van der Waals surface area contributed by atoms with Crippen molar-refractivity contribution >= 4 is 31.9 Å². The number of methoxy groups -OCH3 is 1. The van der Waals surface area contributed by atoms with Crippen LogP contribution < -0.4 is 4.72 Å². The third-order valence-electron chi connectivity index (χ3n) is 3.88. The predicted octanol–water partition coefficient (Wildman–Crippen LogP) is 1.38. The van der Waals surface area contributed by atoms with Crippen LogP contribution in [0.4, 0.5) is 0 Å². The Morgan fingerprint density at radius 2 is 2.28 bits per heavy atom. The molecule has 3 rings (SSSR count). The number of aromatic nitrogens is 3. The molecule has 25 heavy (non-hydrogen) atoms. The first-order chi connectivity index (χ1) is 11.9. The molecule has 0 amide bonds. The summed E-state index contributed by atoms with van der Waals surface area (Å²) in [5.74, 6) is -0.652. The zero-order valence-corrected chi connectivity index (χ0v) is 15.9. The van der Waals surface area contributed by atoms with Gasteiger partial charge in [0.1, 0.15) is 15.9 Å². The Hall–Kier alpha value is -1.72. The summed E-state index contributed by atoms with van der Waals surface area (Å²) in [5, 5.41) is 7.96. The van der Waals surface area contributed by atoms with Crippen molar-refractivity contribution in [3.63, 3.8) is 0 Å². The predicted molar refractivity (Wildman–Crippen MR) is 90.2 cm³/mol. The summed E-state index contributed by atoms with van der Waals surface area (Å²) >= 11 is 3.10. The Bertz CT molecular complexity index is 889. The third-order valence-corrected chi connectivity index (χ3v) is 5.50. The second kappa shape index (κ2) is 7.26. The van der Waals surface area contributed by atoms with Gasteiger partial charge in [-0.3, -0.25) is 4.68 Å². The molecule has 0 radical (unpaired) electrons. The average Bonchev–Trinajstić information content (AvgIpc) is 3.15. The molecule has 9 nitrogen and oxygen atoms in total. The van der Waals surface area contributed by atoms with E-state index in [0.29, 0.717) is 22.4 Å². The third kappa shape index (κ3) is 4.10. The molecule has 0 spiro atoms. The lowest BCUT2D eigenvalue weighted by molar-refractivity contribution is 0.0597. The molecule has 0 aromatic carbocycles. The summed E-state index contributed by atoms with van der Waals surface area (Å²) in [7, 11) is -2.38.